The van der Waals surface area contributed by atoms with Crippen molar-refractivity contribution in [2.24, 2.45) is 0 Å². The van der Waals surface area contributed by atoms with E-state index in [0.29, 0.717) is 0 Å². The van der Waals surface area contributed by atoms with E-state index in [4.69, 9.17) is 0 Å². The second-order valence-corrected chi connectivity index (χ2v) is 5.24. The lowest BCUT2D eigenvalue weighted by Crippen LogP contribution is -2.07. The molecule has 1 unspecified atom stereocenters. The number of rotatable bonds is 4. The molecule has 0 fully saturated rings. The molecule has 0 amide bonds. The van der Waals surface area contributed by atoms with Crippen LogP contribution in [0, 0.1) is 0 Å². The third-order valence-corrected chi connectivity index (χ3v) is 3.65. The van der Waals surface area contributed by atoms with Crippen molar-refractivity contribution in [2.75, 3.05) is 0 Å². The number of aliphatic hydroxyl groups excluding tert-OH is 1. The quantitative estimate of drug-likeness (QED) is 0.755. The van der Waals surface area contributed by atoms with E-state index in [1.807, 2.05) is 13.0 Å². The summed E-state index contributed by atoms with van der Waals surface area (Å²) in [4.78, 5) is 0. The van der Waals surface area contributed by atoms with E-state index < -0.39 is 0 Å². The van der Waals surface area contributed by atoms with Crippen LogP contribution in [0.5, 0.6) is 0 Å². The molecule has 2 heteroatoms. The molecule has 0 radical (unpaired) electrons. The Hall–Kier alpha value is -2.06. The van der Waals surface area contributed by atoms with E-state index in [0.717, 1.165) is 13.0 Å². The van der Waals surface area contributed by atoms with Crippen molar-refractivity contribution < 1.29 is 5.11 Å². The van der Waals surface area contributed by atoms with Crippen LogP contribution in [0.15, 0.2) is 60.7 Å². The molecule has 1 atom stereocenters. The van der Waals surface area contributed by atoms with Crippen LogP contribution in [0.2, 0.25) is 0 Å². The summed E-state index contributed by atoms with van der Waals surface area (Å²) < 4.78 is 2.30. The van der Waals surface area contributed by atoms with Gasteiger partial charge in [0.15, 0.2) is 0 Å². The summed E-state index contributed by atoms with van der Waals surface area (Å²) in [5.74, 6) is 0. The van der Waals surface area contributed by atoms with Crippen molar-refractivity contribution in [1.82, 2.24) is 4.57 Å². The fourth-order valence-corrected chi connectivity index (χ4v) is 2.62. The van der Waals surface area contributed by atoms with Crippen LogP contribution in [0.4, 0.5) is 0 Å². The molecule has 0 spiro atoms. The van der Waals surface area contributed by atoms with Gasteiger partial charge in [-0.3, -0.25) is 0 Å². The van der Waals surface area contributed by atoms with E-state index in [1.54, 1.807) is 0 Å². The highest BCUT2D eigenvalue weighted by atomic mass is 16.3. The molecular weight excluding hydrogens is 246 g/mol. The van der Waals surface area contributed by atoms with Crippen LogP contribution in [-0.4, -0.2) is 15.8 Å². The highest BCUT2D eigenvalue weighted by Crippen LogP contribution is 2.28. The Morgan fingerprint density at radius 2 is 1.70 bits per heavy atom. The number of para-hydroxylation sites is 1. The van der Waals surface area contributed by atoms with E-state index in [1.165, 1.54) is 22.2 Å². The van der Waals surface area contributed by atoms with Crippen molar-refractivity contribution in [1.29, 1.82) is 0 Å². The Morgan fingerprint density at radius 3 is 2.45 bits per heavy atom. The summed E-state index contributed by atoms with van der Waals surface area (Å²) in [6, 6.07) is 21.1. The summed E-state index contributed by atoms with van der Waals surface area (Å²) in [5.41, 5.74) is 3.66. The largest absolute Gasteiger partial charge is 0.393 e. The fourth-order valence-electron chi connectivity index (χ4n) is 2.62. The maximum Gasteiger partial charge on any atom is 0.0529 e. The fraction of sp³-hybridized carbons (Fsp3) is 0.222. The summed E-state index contributed by atoms with van der Waals surface area (Å²) >= 11 is 0. The van der Waals surface area contributed by atoms with E-state index >= 15 is 0 Å². The Bertz CT molecular complexity index is 698. The number of benzene rings is 2. The molecule has 2 aromatic carbocycles. The number of aryl methyl sites for hydroxylation is 1. The molecule has 20 heavy (non-hydrogen) atoms. The van der Waals surface area contributed by atoms with Gasteiger partial charge in [-0.25, -0.2) is 0 Å². The van der Waals surface area contributed by atoms with Gasteiger partial charge in [-0.15, -0.1) is 0 Å². The molecule has 2 nitrogen and oxygen atoms in total. The van der Waals surface area contributed by atoms with Crippen molar-refractivity contribution in [3.63, 3.8) is 0 Å². The third-order valence-electron chi connectivity index (χ3n) is 3.65. The second-order valence-electron chi connectivity index (χ2n) is 5.24. The molecular formula is C18H19NO. The normalized spacial score (nSPS) is 12.7. The molecule has 1 heterocycles. The minimum absolute atomic E-state index is 0.278. The van der Waals surface area contributed by atoms with Crippen molar-refractivity contribution in [3.05, 3.63) is 60.7 Å². The first-order chi connectivity index (χ1) is 9.75. The third kappa shape index (κ3) is 2.47. The van der Waals surface area contributed by atoms with E-state index in [9.17, 15) is 5.11 Å². The summed E-state index contributed by atoms with van der Waals surface area (Å²) in [6.07, 6.45) is 0.484. The van der Waals surface area contributed by atoms with Gasteiger partial charge >= 0.3 is 0 Å². The van der Waals surface area contributed by atoms with Crippen molar-refractivity contribution >= 4 is 10.9 Å². The monoisotopic (exact) mass is 265 g/mol. The van der Waals surface area contributed by atoms with Gasteiger partial charge in [0.1, 0.15) is 0 Å². The van der Waals surface area contributed by atoms with Crippen LogP contribution in [-0.2, 0) is 6.54 Å². The Balaban J connectivity index is 2.12. The topological polar surface area (TPSA) is 25.2 Å². The lowest BCUT2D eigenvalue weighted by Gasteiger charge is -2.12. The molecule has 0 aliphatic heterocycles. The summed E-state index contributed by atoms with van der Waals surface area (Å²) in [5, 5.41) is 10.8. The van der Waals surface area contributed by atoms with Crippen molar-refractivity contribution in [2.45, 2.75) is 26.0 Å². The number of nitrogens with zero attached hydrogens (tertiary/aromatic N) is 1. The minimum Gasteiger partial charge on any atom is -0.393 e. The molecule has 1 aromatic heterocycles. The molecule has 0 aliphatic carbocycles. The van der Waals surface area contributed by atoms with Crippen LogP contribution in [0.1, 0.15) is 13.3 Å². The van der Waals surface area contributed by atoms with E-state index in [2.05, 4.69) is 59.2 Å². The molecule has 102 valence electrons. The lowest BCUT2D eigenvalue weighted by atomic mass is 10.1. The second kappa shape index (κ2) is 5.51. The van der Waals surface area contributed by atoms with Gasteiger partial charge in [-0.1, -0.05) is 48.5 Å². The zero-order chi connectivity index (χ0) is 13.9. The van der Waals surface area contributed by atoms with Gasteiger partial charge < -0.3 is 9.67 Å². The Labute approximate surface area is 119 Å². The first kappa shape index (κ1) is 12.9. The molecule has 0 bridgehead atoms. The van der Waals surface area contributed by atoms with Gasteiger partial charge in [0.2, 0.25) is 0 Å². The number of hydrogen-bond acceptors (Lipinski definition) is 1. The molecule has 0 saturated carbocycles. The highest BCUT2D eigenvalue weighted by molar-refractivity contribution is 5.87. The molecule has 0 saturated heterocycles. The summed E-state index contributed by atoms with van der Waals surface area (Å²) in [6.45, 7) is 2.67. The maximum absolute atomic E-state index is 9.57. The average Bonchev–Trinajstić information content (AvgIpc) is 2.84. The average molecular weight is 265 g/mol. The Morgan fingerprint density at radius 1 is 1.00 bits per heavy atom. The lowest BCUT2D eigenvalue weighted by molar-refractivity contribution is 0.179. The van der Waals surface area contributed by atoms with Gasteiger partial charge in [-0.05, 0) is 31.0 Å². The SMILES string of the molecule is CC(O)CCn1c(-c2ccccc2)cc2ccccc21. The standard InChI is InChI=1S/C18H19NO/c1-14(20)11-12-19-17-10-6-5-9-16(17)13-18(19)15-7-3-2-4-8-15/h2-10,13-14,20H,11-12H2,1H3. The smallest absolute Gasteiger partial charge is 0.0529 e. The van der Waals surface area contributed by atoms with Gasteiger partial charge in [-0.2, -0.15) is 0 Å². The van der Waals surface area contributed by atoms with Crippen LogP contribution in [0.3, 0.4) is 0 Å². The number of aromatic nitrogens is 1. The summed E-state index contributed by atoms with van der Waals surface area (Å²) in [7, 11) is 0. The van der Waals surface area contributed by atoms with Gasteiger partial charge in [0.25, 0.3) is 0 Å². The Kier molecular flexibility index (Phi) is 3.57. The van der Waals surface area contributed by atoms with Crippen LogP contribution in [0.25, 0.3) is 22.2 Å². The predicted octanol–water partition coefficient (Wildman–Crippen LogP) is 4.08. The van der Waals surface area contributed by atoms with Gasteiger partial charge in [0, 0.05) is 23.1 Å². The van der Waals surface area contributed by atoms with Gasteiger partial charge in [0.05, 0.1) is 6.10 Å². The number of aliphatic hydroxyl groups is 1. The molecule has 3 rings (SSSR count). The van der Waals surface area contributed by atoms with Crippen LogP contribution >= 0.6 is 0 Å². The molecule has 3 aromatic rings. The first-order valence-electron chi connectivity index (χ1n) is 7.07. The predicted molar refractivity (Wildman–Crippen MR) is 83.7 cm³/mol. The molecule has 1 N–H and O–H groups in total. The molecule has 0 aliphatic rings. The van der Waals surface area contributed by atoms with E-state index in [-0.39, 0.29) is 6.10 Å². The van der Waals surface area contributed by atoms with Crippen molar-refractivity contribution in [3.8, 4) is 11.3 Å². The first-order valence-corrected chi connectivity index (χ1v) is 7.07. The number of fused-ring (bicyclic) bond motifs is 1. The minimum atomic E-state index is -0.278. The highest BCUT2D eigenvalue weighted by Gasteiger charge is 2.10. The maximum atomic E-state index is 9.57. The zero-order valence-corrected chi connectivity index (χ0v) is 11.7. The zero-order valence-electron chi connectivity index (χ0n) is 11.7. The van der Waals surface area contributed by atoms with Crippen LogP contribution < -0.4 is 0 Å². The number of hydrogen-bond donors (Lipinski definition) is 1.